The zero-order valence-corrected chi connectivity index (χ0v) is 11.7. The van der Waals surface area contributed by atoms with E-state index in [1.807, 2.05) is 0 Å². The van der Waals surface area contributed by atoms with Crippen LogP contribution in [0, 0.1) is 0 Å². The van der Waals surface area contributed by atoms with Crippen LogP contribution in [-0.2, 0) is 0 Å². The number of aromatic nitrogens is 2. The molecule has 0 spiro atoms. The number of hydrogen-bond donors (Lipinski definition) is 1. The van der Waals surface area contributed by atoms with Crippen molar-refractivity contribution in [1.82, 2.24) is 9.97 Å². The minimum Gasteiger partial charge on any atom is -0.478 e. The molecule has 0 radical (unpaired) electrons. The Hall–Kier alpha value is -1.58. The maximum absolute atomic E-state index is 5.49. The van der Waals surface area contributed by atoms with Gasteiger partial charge in [-0.15, -0.1) is 0 Å². The summed E-state index contributed by atoms with van der Waals surface area (Å²) in [6.45, 7) is 3.67. The molecule has 104 valence electrons. The first-order chi connectivity index (χ1) is 9.38. The van der Waals surface area contributed by atoms with Crippen LogP contribution >= 0.6 is 0 Å². The van der Waals surface area contributed by atoms with Gasteiger partial charge in [0.1, 0.15) is 0 Å². The van der Waals surface area contributed by atoms with E-state index in [2.05, 4.69) is 28.3 Å². The van der Waals surface area contributed by atoms with E-state index in [0.29, 0.717) is 18.4 Å². The fourth-order valence-corrected chi connectivity index (χ4v) is 2.18. The van der Waals surface area contributed by atoms with Crippen LogP contribution in [0.25, 0.3) is 0 Å². The van der Waals surface area contributed by atoms with E-state index in [1.54, 1.807) is 17.8 Å². The van der Waals surface area contributed by atoms with Crippen LogP contribution in [-0.4, -0.2) is 23.1 Å². The second-order valence-electron chi connectivity index (χ2n) is 4.85. The summed E-state index contributed by atoms with van der Waals surface area (Å²) in [4.78, 5) is 8.54. The van der Waals surface area contributed by atoms with Gasteiger partial charge in [-0.1, -0.05) is 18.6 Å². The average Bonchev–Trinajstić information content (AvgIpc) is 2.47. The number of ether oxygens (including phenoxy) is 1. The second kappa shape index (κ2) is 7.77. The number of anilines is 1. The highest BCUT2D eigenvalue weighted by Crippen LogP contribution is 2.19. The van der Waals surface area contributed by atoms with E-state index in [-0.39, 0.29) is 0 Å². The highest BCUT2D eigenvalue weighted by molar-refractivity contribution is 5.27. The summed E-state index contributed by atoms with van der Waals surface area (Å²) >= 11 is 0. The third-order valence-corrected chi connectivity index (χ3v) is 3.20. The molecule has 0 atom stereocenters. The van der Waals surface area contributed by atoms with Gasteiger partial charge in [0.25, 0.3) is 0 Å². The minimum atomic E-state index is 0.649. The van der Waals surface area contributed by atoms with Crippen molar-refractivity contribution in [3.8, 4) is 5.88 Å². The fourth-order valence-electron chi connectivity index (χ4n) is 2.18. The summed E-state index contributed by atoms with van der Waals surface area (Å²) in [6, 6.07) is 1.80. The fraction of sp³-hybridized carbons (Fsp3) is 0.600. The van der Waals surface area contributed by atoms with Crippen LogP contribution in [0.4, 0.5) is 5.95 Å². The maximum atomic E-state index is 5.49. The molecule has 0 amide bonds. The Bertz CT molecular complexity index is 418. The maximum Gasteiger partial charge on any atom is 0.225 e. The molecule has 0 saturated carbocycles. The molecule has 1 aliphatic carbocycles. The second-order valence-corrected chi connectivity index (χ2v) is 4.85. The topological polar surface area (TPSA) is 47.0 Å². The Balaban J connectivity index is 1.77. The van der Waals surface area contributed by atoms with Crippen molar-refractivity contribution < 1.29 is 4.74 Å². The number of rotatable bonds is 7. The molecule has 4 heteroatoms. The monoisotopic (exact) mass is 261 g/mol. The summed E-state index contributed by atoms with van der Waals surface area (Å²) in [5, 5.41) is 3.27. The van der Waals surface area contributed by atoms with Gasteiger partial charge in [-0.2, -0.15) is 4.98 Å². The van der Waals surface area contributed by atoms with Gasteiger partial charge >= 0.3 is 0 Å². The van der Waals surface area contributed by atoms with Crippen molar-refractivity contribution in [2.24, 2.45) is 0 Å². The molecular weight excluding hydrogens is 238 g/mol. The first-order valence-electron chi connectivity index (χ1n) is 7.26. The first-order valence-corrected chi connectivity index (χ1v) is 7.26. The van der Waals surface area contributed by atoms with Crippen molar-refractivity contribution >= 4 is 5.95 Å². The molecule has 0 aromatic carbocycles. The average molecular weight is 261 g/mol. The highest BCUT2D eigenvalue weighted by Gasteiger charge is 2.04. The van der Waals surface area contributed by atoms with Gasteiger partial charge in [0.15, 0.2) is 0 Å². The Labute approximate surface area is 115 Å². The number of nitrogens with zero attached hydrogens (tertiary/aromatic N) is 2. The zero-order valence-electron chi connectivity index (χ0n) is 11.7. The predicted molar refractivity (Wildman–Crippen MR) is 77.5 cm³/mol. The van der Waals surface area contributed by atoms with Crippen molar-refractivity contribution in [2.75, 3.05) is 18.5 Å². The molecule has 0 fully saturated rings. The molecule has 0 unspecified atom stereocenters. The van der Waals surface area contributed by atoms with Crippen LogP contribution in [0.2, 0.25) is 0 Å². The van der Waals surface area contributed by atoms with Gasteiger partial charge in [-0.25, -0.2) is 4.98 Å². The summed E-state index contributed by atoms with van der Waals surface area (Å²) in [6.07, 6.45) is 11.4. The van der Waals surface area contributed by atoms with E-state index in [1.165, 1.54) is 25.7 Å². The highest BCUT2D eigenvalue weighted by atomic mass is 16.5. The Morgan fingerprint density at radius 3 is 3.11 bits per heavy atom. The largest absolute Gasteiger partial charge is 0.478 e. The number of nitrogens with one attached hydrogen (secondary N) is 1. The molecule has 1 aromatic heterocycles. The first kappa shape index (κ1) is 13.8. The Morgan fingerprint density at radius 2 is 2.32 bits per heavy atom. The molecule has 1 heterocycles. The summed E-state index contributed by atoms with van der Waals surface area (Å²) in [5.41, 5.74) is 1.57. The molecule has 4 nitrogen and oxygen atoms in total. The van der Waals surface area contributed by atoms with Gasteiger partial charge < -0.3 is 10.1 Å². The van der Waals surface area contributed by atoms with Gasteiger partial charge in [-0.05, 0) is 38.5 Å². The van der Waals surface area contributed by atoms with Crippen LogP contribution < -0.4 is 10.1 Å². The Morgan fingerprint density at radius 1 is 1.37 bits per heavy atom. The van der Waals surface area contributed by atoms with E-state index in [4.69, 9.17) is 4.74 Å². The molecule has 2 rings (SSSR count). The molecule has 19 heavy (non-hydrogen) atoms. The van der Waals surface area contributed by atoms with Gasteiger partial charge in [0.05, 0.1) is 6.61 Å². The molecule has 1 aliphatic rings. The number of hydrogen-bond acceptors (Lipinski definition) is 4. The lowest BCUT2D eigenvalue weighted by Gasteiger charge is -2.13. The quantitative estimate of drug-likeness (QED) is 0.762. The standard InChI is InChI=1S/C15H23N3O/c1-2-12-19-14-9-11-17-15(18-14)16-10-8-13-6-4-3-5-7-13/h6,9,11H,2-5,7-8,10,12H2,1H3,(H,16,17,18). The lowest BCUT2D eigenvalue weighted by atomic mass is 9.97. The normalized spacial score (nSPS) is 14.9. The van der Waals surface area contributed by atoms with Crippen molar-refractivity contribution in [2.45, 2.75) is 45.4 Å². The third-order valence-electron chi connectivity index (χ3n) is 3.20. The predicted octanol–water partition coefficient (Wildman–Crippen LogP) is 3.57. The summed E-state index contributed by atoms with van der Waals surface area (Å²) < 4.78 is 5.49. The smallest absolute Gasteiger partial charge is 0.225 e. The summed E-state index contributed by atoms with van der Waals surface area (Å²) in [5.74, 6) is 1.31. The molecule has 1 aromatic rings. The molecule has 0 aliphatic heterocycles. The van der Waals surface area contributed by atoms with Crippen molar-refractivity contribution in [3.63, 3.8) is 0 Å². The SMILES string of the molecule is CCCOc1ccnc(NCCC2=CCCCC2)n1. The van der Waals surface area contributed by atoms with Crippen LogP contribution in [0.3, 0.4) is 0 Å². The van der Waals surface area contributed by atoms with E-state index < -0.39 is 0 Å². The van der Waals surface area contributed by atoms with Crippen molar-refractivity contribution in [1.29, 1.82) is 0 Å². The summed E-state index contributed by atoms with van der Waals surface area (Å²) in [7, 11) is 0. The van der Waals surface area contributed by atoms with Gasteiger partial charge in [0, 0.05) is 18.8 Å². The lowest BCUT2D eigenvalue weighted by molar-refractivity contribution is 0.305. The third kappa shape index (κ3) is 4.89. The van der Waals surface area contributed by atoms with Crippen LogP contribution in [0.1, 0.15) is 45.4 Å². The van der Waals surface area contributed by atoms with Crippen molar-refractivity contribution in [3.05, 3.63) is 23.9 Å². The molecular formula is C15H23N3O. The van der Waals surface area contributed by atoms with E-state index in [9.17, 15) is 0 Å². The molecule has 0 saturated heterocycles. The number of allylic oxidation sites excluding steroid dienone is 1. The zero-order chi connectivity index (χ0) is 13.3. The van der Waals surface area contributed by atoms with Crippen LogP contribution in [0.15, 0.2) is 23.9 Å². The molecule has 0 bridgehead atoms. The Kier molecular flexibility index (Phi) is 5.66. The van der Waals surface area contributed by atoms with Crippen LogP contribution in [0.5, 0.6) is 5.88 Å². The van der Waals surface area contributed by atoms with E-state index in [0.717, 1.165) is 19.4 Å². The molecule has 1 N–H and O–H groups in total. The van der Waals surface area contributed by atoms with Gasteiger partial charge in [-0.3, -0.25) is 0 Å². The lowest BCUT2D eigenvalue weighted by Crippen LogP contribution is -2.08. The minimum absolute atomic E-state index is 0.649. The van der Waals surface area contributed by atoms with E-state index >= 15 is 0 Å². The van der Waals surface area contributed by atoms with Gasteiger partial charge in [0.2, 0.25) is 11.8 Å².